The number of benzene rings is 2. The van der Waals surface area contributed by atoms with Crippen molar-refractivity contribution in [1.82, 2.24) is 10.7 Å². The van der Waals surface area contributed by atoms with E-state index in [0.717, 1.165) is 4.47 Å². The summed E-state index contributed by atoms with van der Waals surface area (Å²) in [5, 5.41) is 15.8. The van der Waals surface area contributed by atoms with Crippen LogP contribution in [-0.2, 0) is 4.79 Å². The molecule has 0 atom stereocenters. The molecular formula is C17H15BrFN3O3. The average molecular weight is 408 g/mol. The summed E-state index contributed by atoms with van der Waals surface area (Å²) in [7, 11) is 0. The number of phenols is 1. The van der Waals surface area contributed by atoms with Crippen LogP contribution in [0, 0.1) is 5.82 Å². The molecule has 0 aliphatic heterocycles. The highest BCUT2D eigenvalue weighted by Crippen LogP contribution is 2.19. The molecule has 0 fully saturated rings. The van der Waals surface area contributed by atoms with Crippen molar-refractivity contribution in [3.05, 3.63) is 63.9 Å². The number of nitrogens with one attached hydrogen (secondary N) is 2. The molecule has 0 unspecified atom stereocenters. The molecule has 0 aliphatic rings. The van der Waals surface area contributed by atoms with E-state index in [0.29, 0.717) is 5.56 Å². The standard InChI is InChI=1S/C17H15BrFN3O3/c18-12-5-6-15(23)11(9-12)10-21-22-16(24)7-8-20-17(25)13-3-1-2-4-14(13)19/h1-6,9-10,23H,7-8H2,(H,20,25)(H,22,24)/b21-10+. The summed E-state index contributed by atoms with van der Waals surface area (Å²) >= 11 is 3.26. The molecule has 0 radical (unpaired) electrons. The maximum atomic E-state index is 13.4. The van der Waals surface area contributed by atoms with Crippen LogP contribution in [0.5, 0.6) is 5.75 Å². The second kappa shape index (κ2) is 8.93. The number of amides is 2. The fraction of sp³-hybridized carbons (Fsp3) is 0.118. The van der Waals surface area contributed by atoms with Gasteiger partial charge in [0.05, 0.1) is 11.8 Å². The number of nitrogens with zero attached hydrogens (tertiary/aromatic N) is 1. The molecule has 0 aromatic heterocycles. The lowest BCUT2D eigenvalue weighted by molar-refractivity contribution is -0.120. The van der Waals surface area contributed by atoms with Gasteiger partial charge >= 0.3 is 0 Å². The van der Waals surface area contributed by atoms with Crippen molar-refractivity contribution in [1.29, 1.82) is 0 Å². The predicted molar refractivity (Wildman–Crippen MR) is 94.9 cm³/mol. The molecule has 8 heteroatoms. The van der Waals surface area contributed by atoms with Crippen LogP contribution in [0.4, 0.5) is 4.39 Å². The number of rotatable bonds is 6. The summed E-state index contributed by atoms with van der Waals surface area (Å²) in [6.45, 7) is 0.0383. The van der Waals surface area contributed by atoms with E-state index in [9.17, 15) is 19.1 Å². The first-order valence-electron chi connectivity index (χ1n) is 7.30. The van der Waals surface area contributed by atoms with Crippen LogP contribution in [0.1, 0.15) is 22.3 Å². The number of phenolic OH excluding ortho intramolecular Hbond substituents is 1. The van der Waals surface area contributed by atoms with Crippen molar-refractivity contribution >= 4 is 34.0 Å². The van der Waals surface area contributed by atoms with E-state index in [1.807, 2.05) is 0 Å². The Morgan fingerprint density at radius 1 is 1.24 bits per heavy atom. The number of hydrogen-bond donors (Lipinski definition) is 3. The second-order valence-electron chi connectivity index (χ2n) is 4.98. The highest BCUT2D eigenvalue weighted by atomic mass is 79.9. The van der Waals surface area contributed by atoms with Crippen LogP contribution in [0.25, 0.3) is 0 Å². The quantitative estimate of drug-likeness (QED) is 0.507. The Morgan fingerprint density at radius 3 is 2.76 bits per heavy atom. The van der Waals surface area contributed by atoms with Gasteiger partial charge in [-0.1, -0.05) is 28.1 Å². The topological polar surface area (TPSA) is 90.8 Å². The van der Waals surface area contributed by atoms with Gasteiger partial charge in [0.15, 0.2) is 0 Å². The van der Waals surface area contributed by atoms with Crippen LogP contribution in [0.15, 0.2) is 52.0 Å². The molecule has 2 amide bonds. The van der Waals surface area contributed by atoms with Gasteiger partial charge in [-0.05, 0) is 30.3 Å². The lowest BCUT2D eigenvalue weighted by atomic mass is 10.2. The third-order valence-corrected chi connectivity index (χ3v) is 3.63. The fourth-order valence-corrected chi connectivity index (χ4v) is 2.27. The summed E-state index contributed by atoms with van der Waals surface area (Å²) in [4.78, 5) is 23.4. The zero-order valence-corrected chi connectivity index (χ0v) is 14.6. The van der Waals surface area contributed by atoms with Crippen molar-refractivity contribution in [3.63, 3.8) is 0 Å². The number of carbonyl (C=O) groups excluding carboxylic acids is 2. The van der Waals surface area contributed by atoms with Crippen molar-refractivity contribution in [2.45, 2.75) is 6.42 Å². The first-order chi connectivity index (χ1) is 12.0. The molecule has 2 rings (SSSR count). The highest BCUT2D eigenvalue weighted by Gasteiger charge is 2.10. The van der Waals surface area contributed by atoms with Gasteiger partial charge in [-0.3, -0.25) is 9.59 Å². The second-order valence-corrected chi connectivity index (χ2v) is 5.90. The summed E-state index contributed by atoms with van der Waals surface area (Å²) < 4.78 is 14.2. The molecule has 0 bridgehead atoms. The average Bonchev–Trinajstić information content (AvgIpc) is 2.58. The number of hydrogen-bond acceptors (Lipinski definition) is 4. The van der Waals surface area contributed by atoms with E-state index in [1.165, 1.54) is 30.5 Å². The zero-order valence-electron chi connectivity index (χ0n) is 13.0. The molecular weight excluding hydrogens is 393 g/mol. The molecule has 0 spiro atoms. The van der Waals surface area contributed by atoms with Crippen LogP contribution < -0.4 is 10.7 Å². The number of hydrazone groups is 1. The third kappa shape index (κ3) is 5.68. The van der Waals surface area contributed by atoms with E-state index in [4.69, 9.17) is 0 Å². The van der Waals surface area contributed by atoms with Crippen LogP contribution in [0.3, 0.4) is 0 Å². The van der Waals surface area contributed by atoms with E-state index in [1.54, 1.807) is 18.2 Å². The summed E-state index contributed by atoms with van der Waals surface area (Å²) in [6, 6.07) is 10.4. The van der Waals surface area contributed by atoms with E-state index in [-0.39, 0.29) is 24.3 Å². The lowest BCUT2D eigenvalue weighted by Crippen LogP contribution is -2.29. The first-order valence-corrected chi connectivity index (χ1v) is 8.10. The van der Waals surface area contributed by atoms with Crippen LogP contribution >= 0.6 is 15.9 Å². The van der Waals surface area contributed by atoms with Crippen LogP contribution in [-0.4, -0.2) is 29.7 Å². The number of carbonyl (C=O) groups is 2. The van der Waals surface area contributed by atoms with Gasteiger partial charge in [0.25, 0.3) is 5.91 Å². The normalized spacial score (nSPS) is 10.6. The van der Waals surface area contributed by atoms with Crippen molar-refractivity contribution < 1.29 is 19.1 Å². The summed E-state index contributed by atoms with van der Waals surface area (Å²) in [5.74, 6) is -1.62. The van der Waals surface area contributed by atoms with Crippen molar-refractivity contribution in [2.24, 2.45) is 5.10 Å². The van der Waals surface area contributed by atoms with Gasteiger partial charge in [0.1, 0.15) is 11.6 Å². The molecule has 2 aromatic carbocycles. The Labute approximate surface area is 151 Å². The third-order valence-electron chi connectivity index (χ3n) is 3.14. The molecule has 0 saturated carbocycles. The van der Waals surface area contributed by atoms with Gasteiger partial charge in [-0.25, -0.2) is 9.82 Å². The minimum Gasteiger partial charge on any atom is -0.507 e. The van der Waals surface area contributed by atoms with E-state index < -0.39 is 17.6 Å². The maximum Gasteiger partial charge on any atom is 0.254 e. The molecule has 0 heterocycles. The van der Waals surface area contributed by atoms with Gasteiger partial charge < -0.3 is 10.4 Å². The largest absolute Gasteiger partial charge is 0.507 e. The SMILES string of the molecule is O=C(CCNC(=O)c1ccccc1F)N/N=C/c1cc(Br)ccc1O. The zero-order chi connectivity index (χ0) is 18.2. The molecule has 6 nitrogen and oxygen atoms in total. The van der Waals surface area contributed by atoms with Crippen molar-refractivity contribution in [3.8, 4) is 5.75 Å². The Kier molecular flexibility index (Phi) is 6.64. The maximum absolute atomic E-state index is 13.4. The van der Waals surface area contributed by atoms with Gasteiger partial charge in [0.2, 0.25) is 5.91 Å². The predicted octanol–water partition coefficient (Wildman–Crippen LogP) is 2.56. The Morgan fingerprint density at radius 2 is 2.00 bits per heavy atom. The lowest BCUT2D eigenvalue weighted by Gasteiger charge is -2.05. The first kappa shape index (κ1) is 18.6. The Hall–Kier alpha value is -2.74. The Balaban J connectivity index is 1.77. The minimum absolute atomic E-state index is 0.0258. The van der Waals surface area contributed by atoms with E-state index in [2.05, 4.69) is 31.8 Å². The highest BCUT2D eigenvalue weighted by molar-refractivity contribution is 9.10. The molecule has 3 N–H and O–H groups in total. The smallest absolute Gasteiger partial charge is 0.254 e. The molecule has 2 aromatic rings. The van der Waals surface area contributed by atoms with Gasteiger partial charge in [-0.15, -0.1) is 0 Å². The van der Waals surface area contributed by atoms with E-state index >= 15 is 0 Å². The molecule has 25 heavy (non-hydrogen) atoms. The molecule has 0 saturated heterocycles. The summed E-state index contributed by atoms with van der Waals surface area (Å²) in [5.41, 5.74) is 2.64. The number of halogens is 2. The Bertz CT molecular complexity index is 811. The number of aromatic hydroxyl groups is 1. The molecule has 0 aliphatic carbocycles. The minimum atomic E-state index is -0.622. The van der Waals surface area contributed by atoms with Gasteiger partial charge in [-0.2, -0.15) is 5.10 Å². The fourth-order valence-electron chi connectivity index (χ4n) is 1.89. The molecule has 130 valence electrons. The summed E-state index contributed by atoms with van der Waals surface area (Å²) in [6.07, 6.45) is 1.28. The van der Waals surface area contributed by atoms with Crippen LogP contribution in [0.2, 0.25) is 0 Å². The monoisotopic (exact) mass is 407 g/mol. The van der Waals surface area contributed by atoms with Gasteiger partial charge in [0, 0.05) is 23.0 Å². The van der Waals surface area contributed by atoms with Crippen molar-refractivity contribution in [2.75, 3.05) is 6.54 Å².